The molecule has 1 spiro atoms. The van der Waals surface area contributed by atoms with Gasteiger partial charge in [0.15, 0.2) is 0 Å². The molecular weight excluding hydrogens is 380 g/mol. The third kappa shape index (κ3) is 3.10. The molecule has 0 aromatic rings. The Kier molecular flexibility index (Phi) is 5.34. The highest BCUT2D eigenvalue weighted by Crippen LogP contribution is 2.72. The molecule has 5 aliphatic rings. The maximum Gasteiger partial charge on any atom is 0.0634 e. The van der Waals surface area contributed by atoms with Crippen LogP contribution in [0.2, 0.25) is 0 Å². The maximum absolute atomic E-state index is 11.7. The van der Waals surface area contributed by atoms with Crippen molar-refractivity contribution in [2.24, 2.45) is 45.8 Å². The molecule has 0 radical (unpaired) electrons. The van der Waals surface area contributed by atoms with E-state index in [0.29, 0.717) is 23.7 Å². The molecule has 174 valence electrons. The molecule has 4 saturated carbocycles. The largest absolute Gasteiger partial charge is 0.393 e. The smallest absolute Gasteiger partial charge is 0.0634 e. The van der Waals surface area contributed by atoms with E-state index in [9.17, 15) is 10.2 Å². The summed E-state index contributed by atoms with van der Waals surface area (Å²) < 4.78 is 0. The van der Waals surface area contributed by atoms with Crippen LogP contribution in [0, 0.1) is 45.8 Å². The molecule has 0 heterocycles. The van der Waals surface area contributed by atoms with Crippen LogP contribution in [0.15, 0.2) is 23.3 Å². The molecule has 0 amide bonds. The van der Waals surface area contributed by atoms with E-state index in [4.69, 9.17) is 0 Å². The average Bonchev–Trinajstić information content (AvgIpc) is 3.42. The van der Waals surface area contributed by atoms with Crippen LogP contribution < -0.4 is 0 Å². The Morgan fingerprint density at radius 1 is 1.06 bits per heavy atom. The third-order valence-electron chi connectivity index (χ3n) is 11.4. The van der Waals surface area contributed by atoms with E-state index in [1.54, 1.807) is 5.57 Å². The lowest BCUT2D eigenvalue weighted by Crippen LogP contribution is -2.57. The van der Waals surface area contributed by atoms with Crippen LogP contribution in [0.3, 0.4) is 0 Å². The van der Waals surface area contributed by atoms with Crippen molar-refractivity contribution in [2.45, 2.75) is 111 Å². The normalized spacial score (nSPS) is 48.3. The number of allylic oxidation sites excluding steroid dienone is 3. The fourth-order valence-corrected chi connectivity index (χ4v) is 9.58. The average molecular weight is 427 g/mol. The Balaban J connectivity index is 1.41. The highest BCUT2D eigenvalue weighted by molar-refractivity contribution is 5.37. The monoisotopic (exact) mass is 426 g/mol. The standard InChI is InChI=1S/C29H46O2/c1-18(2)7-6-8-19(3)21-10-11-22-20-9-12-24-27(4,14-13-25(30)29(24)15-16-29)23(20)17-26(31)28(21,22)5/h7,12,19-23,25-26,30-31H,6,8-11,13-17H2,1-5H3/t19-,20+,21-,22+,23+,25+,26-,27-,28-/m1/s1. The van der Waals surface area contributed by atoms with Gasteiger partial charge in [-0.3, -0.25) is 0 Å². The molecule has 2 nitrogen and oxygen atoms in total. The molecule has 9 atom stereocenters. The van der Waals surface area contributed by atoms with Gasteiger partial charge >= 0.3 is 0 Å². The molecule has 0 aromatic heterocycles. The number of hydrogen-bond acceptors (Lipinski definition) is 2. The zero-order valence-electron chi connectivity index (χ0n) is 20.7. The van der Waals surface area contributed by atoms with Crippen LogP contribution in [0.25, 0.3) is 0 Å². The van der Waals surface area contributed by atoms with Crippen molar-refractivity contribution < 1.29 is 10.2 Å². The van der Waals surface area contributed by atoms with Gasteiger partial charge in [0.2, 0.25) is 0 Å². The first-order valence-corrected chi connectivity index (χ1v) is 13.3. The summed E-state index contributed by atoms with van der Waals surface area (Å²) in [6, 6.07) is 0. The summed E-state index contributed by atoms with van der Waals surface area (Å²) in [5, 5.41) is 22.5. The quantitative estimate of drug-likeness (QED) is 0.493. The Bertz CT molecular complexity index is 772. The molecule has 31 heavy (non-hydrogen) atoms. The summed E-state index contributed by atoms with van der Waals surface area (Å²) in [5.74, 6) is 3.32. The molecule has 0 saturated heterocycles. The van der Waals surface area contributed by atoms with Gasteiger partial charge in [-0.25, -0.2) is 0 Å². The molecule has 4 fully saturated rings. The number of aliphatic hydroxyl groups excluding tert-OH is 2. The first-order chi connectivity index (χ1) is 14.6. The van der Waals surface area contributed by atoms with Gasteiger partial charge in [0.25, 0.3) is 0 Å². The molecule has 0 bridgehead atoms. The van der Waals surface area contributed by atoms with E-state index < -0.39 is 0 Å². The summed E-state index contributed by atoms with van der Waals surface area (Å²) >= 11 is 0. The molecule has 0 unspecified atom stereocenters. The summed E-state index contributed by atoms with van der Waals surface area (Å²) in [6.07, 6.45) is 16.3. The molecule has 2 heteroatoms. The highest BCUT2D eigenvalue weighted by atomic mass is 16.3. The second-order valence-electron chi connectivity index (χ2n) is 13.0. The lowest BCUT2D eigenvalue weighted by Gasteiger charge is -2.61. The third-order valence-corrected chi connectivity index (χ3v) is 11.4. The fraction of sp³-hybridized carbons (Fsp3) is 0.862. The number of hydrogen-bond donors (Lipinski definition) is 2. The van der Waals surface area contributed by atoms with Crippen molar-refractivity contribution in [3.8, 4) is 0 Å². The summed E-state index contributed by atoms with van der Waals surface area (Å²) in [5.41, 5.74) is 3.42. The predicted molar refractivity (Wildman–Crippen MR) is 127 cm³/mol. The number of aliphatic hydroxyl groups is 2. The van der Waals surface area contributed by atoms with Crippen LogP contribution in [0.1, 0.15) is 98.8 Å². The first-order valence-electron chi connectivity index (χ1n) is 13.3. The zero-order valence-corrected chi connectivity index (χ0v) is 20.7. The fourth-order valence-electron chi connectivity index (χ4n) is 9.58. The SMILES string of the molecule is CC(C)=CCC[C@@H](C)[C@H]1CC[C@H]2[C@@H]3CC=C4C5(CC5)[C@@H](O)CC[C@]4(C)[C@H]3C[C@@H](O)[C@]12C. The van der Waals surface area contributed by atoms with E-state index in [2.05, 4.69) is 46.8 Å². The Morgan fingerprint density at radius 2 is 1.81 bits per heavy atom. The van der Waals surface area contributed by atoms with Gasteiger partial charge in [-0.15, -0.1) is 0 Å². The second-order valence-corrected chi connectivity index (χ2v) is 13.0. The first kappa shape index (κ1) is 22.2. The van der Waals surface area contributed by atoms with Crippen molar-refractivity contribution in [3.63, 3.8) is 0 Å². The lowest BCUT2D eigenvalue weighted by molar-refractivity contribution is -0.140. The van der Waals surface area contributed by atoms with E-state index in [1.807, 2.05) is 0 Å². The minimum Gasteiger partial charge on any atom is -0.393 e. The van der Waals surface area contributed by atoms with Crippen LogP contribution in [-0.2, 0) is 0 Å². The molecule has 5 aliphatic carbocycles. The number of rotatable bonds is 4. The maximum atomic E-state index is 11.7. The van der Waals surface area contributed by atoms with Gasteiger partial charge in [0.1, 0.15) is 0 Å². The van der Waals surface area contributed by atoms with Crippen LogP contribution in [0.4, 0.5) is 0 Å². The summed E-state index contributed by atoms with van der Waals surface area (Å²) in [6.45, 7) is 11.8. The van der Waals surface area contributed by atoms with Crippen molar-refractivity contribution in [1.29, 1.82) is 0 Å². The van der Waals surface area contributed by atoms with E-state index >= 15 is 0 Å². The highest BCUT2D eigenvalue weighted by Gasteiger charge is 2.67. The molecule has 0 aliphatic heterocycles. The van der Waals surface area contributed by atoms with E-state index in [1.165, 1.54) is 50.5 Å². The van der Waals surface area contributed by atoms with Gasteiger partial charge in [-0.2, -0.15) is 0 Å². The minimum absolute atomic E-state index is 0.0821. The van der Waals surface area contributed by atoms with Gasteiger partial charge in [-0.1, -0.05) is 44.1 Å². The van der Waals surface area contributed by atoms with Crippen LogP contribution in [-0.4, -0.2) is 22.4 Å². The van der Waals surface area contributed by atoms with Crippen molar-refractivity contribution in [2.75, 3.05) is 0 Å². The van der Waals surface area contributed by atoms with Crippen LogP contribution >= 0.6 is 0 Å². The van der Waals surface area contributed by atoms with Crippen LogP contribution in [0.5, 0.6) is 0 Å². The zero-order chi connectivity index (χ0) is 22.2. The van der Waals surface area contributed by atoms with Gasteiger partial charge in [0, 0.05) is 5.41 Å². The summed E-state index contributed by atoms with van der Waals surface area (Å²) in [4.78, 5) is 0. The minimum atomic E-state index is -0.171. The number of fused-ring (bicyclic) bond motifs is 6. The molecule has 2 N–H and O–H groups in total. The van der Waals surface area contributed by atoms with Gasteiger partial charge < -0.3 is 10.2 Å². The van der Waals surface area contributed by atoms with E-state index in [0.717, 1.165) is 25.2 Å². The Hall–Kier alpha value is -0.600. The van der Waals surface area contributed by atoms with Crippen molar-refractivity contribution in [1.82, 2.24) is 0 Å². The summed E-state index contributed by atoms with van der Waals surface area (Å²) in [7, 11) is 0. The second kappa shape index (κ2) is 7.45. The Morgan fingerprint density at radius 3 is 2.48 bits per heavy atom. The molecule has 0 aromatic carbocycles. The Labute approximate surface area is 190 Å². The van der Waals surface area contributed by atoms with Crippen molar-refractivity contribution >= 4 is 0 Å². The predicted octanol–water partition coefficient (Wildman–Crippen LogP) is 6.67. The molecular formula is C29H46O2. The van der Waals surface area contributed by atoms with Gasteiger partial charge in [-0.05, 0) is 118 Å². The topological polar surface area (TPSA) is 40.5 Å². The molecule has 5 rings (SSSR count). The van der Waals surface area contributed by atoms with Gasteiger partial charge in [0.05, 0.1) is 12.2 Å². The van der Waals surface area contributed by atoms with Crippen molar-refractivity contribution in [3.05, 3.63) is 23.3 Å². The lowest BCUT2D eigenvalue weighted by atomic mass is 9.44. The van der Waals surface area contributed by atoms with E-state index in [-0.39, 0.29) is 28.5 Å².